The van der Waals surface area contributed by atoms with E-state index < -0.39 is 4.92 Å². The quantitative estimate of drug-likeness (QED) is 0.516. The minimum atomic E-state index is -0.524. The van der Waals surface area contributed by atoms with Crippen LogP contribution in [0.25, 0.3) is 0 Å². The Morgan fingerprint density at radius 1 is 1.44 bits per heavy atom. The number of pyridine rings is 1. The predicted molar refractivity (Wildman–Crippen MR) is 65.3 cm³/mol. The van der Waals surface area contributed by atoms with Crippen LogP contribution >= 0.6 is 11.6 Å². The Kier molecular flexibility index (Phi) is 3.63. The van der Waals surface area contributed by atoms with E-state index in [1.165, 1.54) is 18.5 Å². The highest BCUT2D eigenvalue weighted by Gasteiger charge is 2.10. The molecular weight excluding hydrogens is 258 g/mol. The first kappa shape index (κ1) is 12.2. The summed E-state index contributed by atoms with van der Waals surface area (Å²) in [6.45, 7) is 0.382. The molecule has 7 nitrogen and oxygen atoms in total. The lowest BCUT2D eigenvalue weighted by Gasteiger charge is -2.04. The van der Waals surface area contributed by atoms with E-state index >= 15 is 0 Å². The lowest BCUT2D eigenvalue weighted by Crippen LogP contribution is -2.04. The first-order valence-corrected chi connectivity index (χ1v) is 5.33. The van der Waals surface area contributed by atoms with Crippen LogP contribution < -0.4 is 5.32 Å². The molecule has 0 amide bonds. The average Bonchev–Trinajstić information content (AvgIpc) is 2.37. The van der Waals surface area contributed by atoms with Crippen LogP contribution in [0.5, 0.6) is 0 Å². The zero-order valence-corrected chi connectivity index (χ0v) is 9.83. The number of anilines is 1. The summed E-state index contributed by atoms with van der Waals surface area (Å²) in [4.78, 5) is 21.9. The number of aromatic nitrogens is 3. The summed E-state index contributed by atoms with van der Waals surface area (Å²) in [6.07, 6.45) is 3.03. The third kappa shape index (κ3) is 3.11. The van der Waals surface area contributed by atoms with Crippen molar-refractivity contribution < 1.29 is 4.92 Å². The summed E-state index contributed by atoms with van der Waals surface area (Å²) >= 11 is 5.69. The molecule has 1 N–H and O–H groups in total. The number of hydrogen-bond acceptors (Lipinski definition) is 6. The number of halogens is 1. The average molecular weight is 266 g/mol. The van der Waals surface area contributed by atoms with E-state index in [4.69, 9.17) is 11.6 Å². The smallest absolute Gasteiger partial charge is 0.276 e. The second-order valence-electron chi connectivity index (χ2n) is 3.34. The molecule has 0 radical (unpaired) electrons. The summed E-state index contributed by atoms with van der Waals surface area (Å²) in [7, 11) is 0. The van der Waals surface area contributed by atoms with Crippen molar-refractivity contribution in [3.05, 3.63) is 51.7 Å². The molecule has 0 aliphatic carbocycles. The van der Waals surface area contributed by atoms with Gasteiger partial charge in [-0.15, -0.1) is 0 Å². The molecule has 0 fully saturated rings. The van der Waals surface area contributed by atoms with Crippen molar-refractivity contribution in [2.45, 2.75) is 6.54 Å². The van der Waals surface area contributed by atoms with Gasteiger partial charge in [0.05, 0.1) is 29.3 Å². The molecule has 0 aromatic carbocycles. The summed E-state index contributed by atoms with van der Waals surface area (Å²) in [5.41, 5.74) is 0.634. The van der Waals surface area contributed by atoms with Crippen molar-refractivity contribution in [2.24, 2.45) is 0 Å². The van der Waals surface area contributed by atoms with Crippen LogP contribution in [0.2, 0.25) is 5.15 Å². The highest BCUT2D eigenvalue weighted by atomic mass is 35.5. The largest absolute Gasteiger partial charge is 0.364 e. The molecule has 92 valence electrons. The van der Waals surface area contributed by atoms with Crippen LogP contribution in [-0.2, 0) is 6.54 Å². The molecule has 18 heavy (non-hydrogen) atoms. The van der Waals surface area contributed by atoms with Gasteiger partial charge in [0.2, 0.25) is 0 Å². The predicted octanol–water partition coefficient (Wildman–Crippen LogP) is 2.05. The minimum Gasteiger partial charge on any atom is -0.364 e. The molecule has 0 spiro atoms. The minimum absolute atomic E-state index is 0.0642. The molecular formula is C10H8ClN5O2. The van der Waals surface area contributed by atoms with Crippen LogP contribution in [0.1, 0.15) is 5.69 Å². The van der Waals surface area contributed by atoms with Crippen LogP contribution in [0.4, 0.5) is 11.5 Å². The second kappa shape index (κ2) is 5.37. The fourth-order valence-electron chi connectivity index (χ4n) is 1.28. The lowest BCUT2D eigenvalue weighted by molar-refractivity contribution is -0.384. The molecule has 2 aromatic rings. The van der Waals surface area contributed by atoms with E-state index in [2.05, 4.69) is 20.3 Å². The monoisotopic (exact) mass is 265 g/mol. The van der Waals surface area contributed by atoms with Gasteiger partial charge in [-0.25, -0.2) is 15.0 Å². The fourth-order valence-corrected chi connectivity index (χ4v) is 1.49. The van der Waals surface area contributed by atoms with Gasteiger partial charge in [0.25, 0.3) is 5.69 Å². The lowest BCUT2D eigenvalue weighted by atomic mass is 10.3. The summed E-state index contributed by atoms with van der Waals surface area (Å²) in [6, 6.07) is 4.23. The van der Waals surface area contributed by atoms with Crippen molar-refractivity contribution >= 4 is 23.1 Å². The van der Waals surface area contributed by atoms with Crippen molar-refractivity contribution in [3.8, 4) is 0 Å². The Balaban J connectivity index is 2.12. The normalized spacial score (nSPS) is 10.1. The van der Waals surface area contributed by atoms with E-state index in [0.717, 1.165) is 5.69 Å². The Bertz CT molecular complexity index is 563. The fraction of sp³-hybridized carbons (Fsp3) is 0.100. The van der Waals surface area contributed by atoms with E-state index in [0.29, 0.717) is 12.4 Å². The molecule has 0 atom stereocenters. The standard InChI is InChI=1S/C10H8ClN5O2/c11-9-3-8(16(17)18)4-10(15-9)13-5-7-1-2-12-6-14-7/h1-4,6H,5H2,(H,13,15). The molecule has 0 unspecified atom stereocenters. The van der Waals surface area contributed by atoms with E-state index in [-0.39, 0.29) is 10.8 Å². The molecule has 2 heterocycles. The Morgan fingerprint density at radius 2 is 2.28 bits per heavy atom. The summed E-state index contributed by atoms with van der Waals surface area (Å²) < 4.78 is 0. The van der Waals surface area contributed by atoms with E-state index in [1.54, 1.807) is 12.3 Å². The highest BCUT2D eigenvalue weighted by molar-refractivity contribution is 6.29. The third-order valence-corrected chi connectivity index (χ3v) is 2.28. The molecule has 0 saturated carbocycles. The number of rotatable bonds is 4. The van der Waals surface area contributed by atoms with Gasteiger partial charge in [0, 0.05) is 6.20 Å². The molecule has 2 rings (SSSR count). The highest BCUT2D eigenvalue weighted by Crippen LogP contribution is 2.20. The number of nitrogens with zero attached hydrogens (tertiary/aromatic N) is 4. The molecule has 0 aliphatic heterocycles. The maximum atomic E-state index is 10.7. The SMILES string of the molecule is O=[N+]([O-])c1cc(Cl)nc(NCc2ccncn2)c1. The molecule has 0 aliphatic rings. The van der Waals surface area contributed by atoms with Crippen LogP contribution in [0.3, 0.4) is 0 Å². The second-order valence-corrected chi connectivity index (χ2v) is 3.73. The third-order valence-electron chi connectivity index (χ3n) is 2.08. The van der Waals surface area contributed by atoms with Crippen molar-refractivity contribution in [2.75, 3.05) is 5.32 Å². The maximum absolute atomic E-state index is 10.7. The van der Waals surface area contributed by atoms with Gasteiger partial charge in [0.15, 0.2) is 0 Å². The van der Waals surface area contributed by atoms with E-state index in [1.807, 2.05) is 0 Å². The van der Waals surface area contributed by atoms with Crippen LogP contribution in [-0.4, -0.2) is 19.9 Å². The van der Waals surface area contributed by atoms with Gasteiger partial charge in [-0.05, 0) is 6.07 Å². The van der Waals surface area contributed by atoms with Gasteiger partial charge < -0.3 is 5.32 Å². The summed E-state index contributed by atoms with van der Waals surface area (Å²) in [5, 5.41) is 13.6. The zero-order valence-electron chi connectivity index (χ0n) is 9.08. The van der Waals surface area contributed by atoms with Crippen LogP contribution in [0.15, 0.2) is 30.7 Å². The van der Waals surface area contributed by atoms with Gasteiger partial charge >= 0.3 is 0 Å². The number of hydrogen-bond donors (Lipinski definition) is 1. The zero-order chi connectivity index (χ0) is 13.0. The molecule has 2 aromatic heterocycles. The van der Waals surface area contributed by atoms with Crippen LogP contribution in [0, 0.1) is 10.1 Å². The number of nitrogens with one attached hydrogen (secondary N) is 1. The maximum Gasteiger partial charge on any atom is 0.276 e. The topological polar surface area (TPSA) is 93.8 Å². The van der Waals surface area contributed by atoms with Crippen molar-refractivity contribution in [1.29, 1.82) is 0 Å². The first-order valence-electron chi connectivity index (χ1n) is 4.96. The first-order chi connectivity index (χ1) is 8.65. The molecule has 8 heteroatoms. The van der Waals surface area contributed by atoms with E-state index in [9.17, 15) is 10.1 Å². The summed E-state index contributed by atoms with van der Waals surface area (Å²) in [5.74, 6) is 0.327. The Labute approximate surface area is 107 Å². The van der Waals surface area contributed by atoms with Crippen molar-refractivity contribution in [3.63, 3.8) is 0 Å². The van der Waals surface area contributed by atoms with Crippen molar-refractivity contribution in [1.82, 2.24) is 15.0 Å². The van der Waals surface area contributed by atoms with Gasteiger partial charge in [-0.1, -0.05) is 11.6 Å². The molecule has 0 bridgehead atoms. The Morgan fingerprint density at radius 3 is 2.94 bits per heavy atom. The number of nitro groups is 1. The molecule has 0 saturated heterocycles. The van der Waals surface area contributed by atoms with Gasteiger partial charge in [0.1, 0.15) is 17.3 Å². The van der Waals surface area contributed by atoms with Gasteiger partial charge in [-0.3, -0.25) is 10.1 Å². The van der Waals surface area contributed by atoms with Gasteiger partial charge in [-0.2, -0.15) is 0 Å². The Hall–Kier alpha value is -2.28.